The van der Waals surface area contributed by atoms with Crippen LogP contribution in [-0.2, 0) is 9.59 Å². The lowest BCUT2D eigenvalue weighted by atomic mass is 10.1. The van der Waals surface area contributed by atoms with Crippen LogP contribution in [0.25, 0.3) is 0 Å². The number of aliphatic carboxylic acids is 1. The Morgan fingerprint density at radius 1 is 1.54 bits per heavy atom. The van der Waals surface area contributed by atoms with E-state index in [0.29, 0.717) is 12.3 Å². The molecule has 0 aliphatic heterocycles. The summed E-state index contributed by atoms with van der Waals surface area (Å²) in [6.07, 6.45) is 5.05. The highest BCUT2D eigenvalue weighted by molar-refractivity contribution is 5.73. The van der Waals surface area contributed by atoms with E-state index >= 15 is 0 Å². The Bertz CT molecular complexity index is 187. The lowest BCUT2D eigenvalue weighted by Gasteiger charge is -2.16. The fourth-order valence-corrected chi connectivity index (χ4v) is 1.73. The Morgan fingerprint density at radius 2 is 2.15 bits per heavy atom. The van der Waals surface area contributed by atoms with Gasteiger partial charge in [0.15, 0.2) is 0 Å². The van der Waals surface area contributed by atoms with Gasteiger partial charge in [-0.1, -0.05) is 12.8 Å². The van der Waals surface area contributed by atoms with Gasteiger partial charge in [0.2, 0.25) is 0 Å². The molecule has 0 heterocycles. The van der Waals surface area contributed by atoms with Gasteiger partial charge in [0.25, 0.3) is 0 Å². The zero-order valence-corrected chi connectivity index (χ0v) is 7.53. The van der Waals surface area contributed by atoms with E-state index in [1.807, 2.05) is 0 Å². The Kier molecular flexibility index (Phi) is 3.89. The Morgan fingerprint density at radius 3 is 2.62 bits per heavy atom. The first-order valence-corrected chi connectivity index (χ1v) is 4.65. The molecule has 1 atom stereocenters. The molecule has 0 spiro atoms. The van der Waals surface area contributed by atoms with Gasteiger partial charge in [-0.15, -0.1) is 0 Å². The summed E-state index contributed by atoms with van der Waals surface area (Å²) in [5.74, 6) is -0.928. The largest absolute Gasteiger partial charge is 0.481 e. The first kappa shape index (κ1) is 10.2. The van der Waals surface area contributed by atoms with Gasteiger partial charge in [-0.05, 0) is 12.8 Å². The summed E-state index contributed by atoms with van der Waals surface area (Å²) in [7, 11) is 0. The van der Waals surface area contributed by atoms with Gasteiger partial charge in [-0.3, -0.25) is 4.79 Å². The molecule has 2 N–H and O–H groups in total. The highest BCUT2D eigenvalue weighted by Gasteiger charge is 2.20. The molecule has 0 amide bonds. The van der Waals surface area contributed by atoms with Gasteiger partial charge in [0.05, 0.1) is 12.5 Å². The van der Waals surface area contributed by atoms with E-state index < -0.39 is 12.0 Å². The van der Waals surface area contributed by atoms with Crippen LogP contribution in [0.15, 0.2) is 0 Å². The summed E-state index contributed by atoms with van der Waals surface area (Å²) in [5.41, 5.74) is 0. The summed E-state index contributed by atoms with van der Waals surface area (Å²) < 4.78 is 0. The van der Waals surface area contributed by atoms with E-state index in [0.717, 1.165) is 12.8 Å². The smallest absolute Gasteiger partial charge is 0.305 e. The van der Waals surface area contributed by atoms with Crippen molar-refractivity contribution in [1.82, 2.24) is 5.32 Å². The first-order valence-electron chi connectivity index (χ1n) is 4.65. The maximum absolute atomic E-state index is 10.5. The SMILES string of the molecule is O=CC(CC(=O)O)NC1CCCC1. The van der Waals surface area contributed by atoms with Gasteiger partial charge in [0, 0.05) is 6.04 Å². The monoisotopic (exact) mass is 185 g/mol. The number of nitrogens with one attached hydrogen (secondary N) is 1. The zero-order chi connectivity index (χ0) is 9.68. The van der Waals surface area contributed by atoms with E-state index in [1.54, 1.807) is 0 Å². The van der Waals surface area contributed by atoms with Crippen LogP contribution >= 0.6 is 0 Å². The van der Waals surface area contributed by atoms with Gasteiger partial charge < -0.3 is 15.2 Å². The third kappa shape index (κ3) is 3.55. The molecule has 0 bridgehead atoms. The van der Waals surface area contributed by atoms with Crippen LogP contribution in [0.2, 0.25) is 0 Å². The van der Waals surface area contributed by atoms with Crippen LogP contribution in [0.1, 0.15) is 32.1 Å². The van der Waals surface area contributed by atoms with Crippen LogP contribution in [0.5, 0.6) is 0 Å². The molecule has 1 saturated carbocycles. The van der Waals surface area contributed by atoms with Crippen molar-refractivity contribution in [3.63, 3.8) is 0 Å². The molecule has 4 nitrogen and oxygen atoms in total. The van der Waals surface area contributed by atoms with Gasteiger partial charge in [-0.25, -0.2) is 0 Å². The molecule has 1 aliphatic rings. The molecular weight excluding hydrogens is 170 g/mol. The topological polar surface area (TPSA) is 66.4 Å². The number of carboxylic acid groups (broad SMARTS) is 1. The van der Waals surface area contributed by atoms with Crippen molar-refractivity contribution in [2.24, 2.45) is 0 Å². The van der Waals surface area contributed by atoms with Crippen molar-refractivity contribution < 1.29 is 14.7 Å². The number of carbonyl (C=O) groups is 2. The van der Waals surface area contributed by atoms with Crippen molar-refractivity contribution in [2.45, 2.75) is 44.2 Å². The number of hydrogen-bond donors (Lipinski definition) is 2. The summed E-state index contributed by atoms with van der Waals surface area (Å²) in [6.45, 7) is 0. The molecule has 1 fully saturated rings. The van der Waals surface area contributed by atoms with Crippen LogP contribution in [0.3, 0.4) is 0 Å². The van der Waals surface area contributed by atoms with Crippen LogP contribution in [0.4, 0.5) is 0 Å². The third-order valence-electron chi connectivity index (χ3n) is 2.36. The van der Waals surface area contributed by atoms with E-state index in [2.05, 4.69) is 5.32 Å². The second-order valence-electron chi connectivity index (χ2n) is 3.49. The molecule has 0 aromatic rings. The lowest BCUT2D eigenvalue weighted by Crippen LogP contribution is -2.39. The molecule has 1 rings (SSSR count). The van der Waals surface area contributed by atoms with Crippen molar-refractivity contribution in [3.05, 3.63) is 0 Å². The highest BCUT2D eigenvalue weighted by atomic mass is 16.4. The molecule has 1 unspecified atom stereocenters. The summed E-state index contributed by atoms with van der Waals surface area (Å²) >= 11 is 0. The highest BCUT2D eigenvalue weighted by Crippen LogP contribution is 2.18. The fraction of sp³-hybridized carbons (Fsp3) is 0.778. The van der Waals surface area contributed by atoms with Gasteiger partial charge in [0.1, 0.15) is 6.29 Å². The van der Waals surface area contributed by atoms with Gasteiger partial charge >= 0.3 is 5.97 Å². The second kappa shape index (κ2) is 4.97. The quantitative estimate of drug-likeness (QED) is 0.614. The fourth-order valence-electron chi connectivity index (χ4n) is 1.73. The molecule has 4 heteroatoms. The number of carbonyl (C=O) groups excluding carboxylic acids is 1. The Balaban J connectivity index is 2.29. The lowest BCUT2D eigenvalue weighted by molar-refractivity contribution is -0.138. The standard InChI is InChI=1S/C9H15NO3/c11-6-8(5-9(12)13)10-7-3-1-2-4-7/h6-8,10H,1-5H2,(H,12,13). The average molecular weight is 185 g/mol. The van der Waals surface area contributed by atoms with Crippen molar-refractivity contribution in [1.29, 1.82) is 0 Å². The maximum atomic E-state index is 10.5. The molecule has 0 radical (unpaired) electrons. The number of aldehydes is 1. The van der Waals surface area contributed by atoms with Crippen molar-refractivity contribution in [3.8, 4) is 0 Å². The Labute approximate surface area is 77.3 Å². The Hall–Kier alpha value is -0.900. The third-order valence-corrected chi connectivity index (χ3v) is 2.36. The van der Waals surface area contributed by atoms with Crippen LogP contribution in [0, 0.1) is 0 Å². The maximum Gasteiger partial charge on any atom is 0.305 e. The van der Waals surface area contributed by atoms with Crippen molar-refractivity contribution in [2.75, 3.05) is 0 Å². The molecule has 74 valence electrons. The van der Waals surface area contributed by atoms with Crippen LogP contribution < -0.4 is 5.32 Å². The number of hydrogen-bond acceptors (Lipinski definition) is 3. The summed E-state index contributed by atoms with van der Waals surface area (Å²) in [4.78, 5) is 20.8. The minimum Gasteiger partial charge on any atom is -0.481 e. The zero-order valence-electron chi connectivity index (χ0n) is 7.53. The van der Waals surface area contributed by atoms with Crippen LogP contribution in [-0.4, -0.2) is 29.4 Å². The normalized spacial score (nSPS) is 20.0. The van der Waals surface area contributed by atoms with E-state index in [-0.39, 0.29) is 6.42 Å². The summed E-state index contributed by atoms with van der Waals surface area (Å²) in [6, 6.07) is -0.171. The first-order chi connectivity index (χ1) is 6.22. The average Bonchev–Trinajstić information content (AvgIpc) is 2.55. The number of carboxylic acids is 1. The minimum absolute atomic E-state index is 0.111. The molecule has 1 aliphatic carbocycles. The van der Waals surface area contributed by atoms with Gasteiger partial charge in [-0.2, -0.15) is 0 Å². The molecule has 0 saturated heterocycles. The number of rotatable bonds is 5. The summed E-state index contributed by atoms with van der Waals surface area (Å²) in [5, 5.41) is 11.5. The van der Waals surface area contributed by atoms with E-state index in [4.69, 9.17) is 5.11 Å². The van der Waals surface area contributed by atoms with E-state index in [1.165, 1.54) is 12.8 Å². The molecule has 0 aromatic carbocycles. The molecule has 13 heavy (non-hydrogen) atoms. The van der Waals surface area contributed by atoms with E-state index in [9.17, 15) is 9.59 Å². The van der Waals surface area contributed by atoms with Crippen molar-refractivity contribution >= 4 is 12.3 Å². The predicted octanol–water partition coefficient (Wildman–Crippen LogP) is 0.561. The second-order valence-corrected chi connectivity index (χ2v) is 3.49. The minimum atomic E-state index is -0.928. The predicted molar refractivity (Wildman–Crippen MR) is 47.5 cm³/mol. The molecule has 0 aromatic heterocycles. The molecular formula is C9H15NO3.